The summed E-state index contributed by atoms with van der Waals surface area (Å²) >= 11 is 0. The molecule has 0 spiro atoms. The first-order valence-electron chi connectivity index (χ1n) is 31.9. The quantitative estimate of drug-likeness (QED) is 0.0261. The van der Waals surface area contributed by atoms with Crippen LogP contribution in [0.15, 0.2) is 72.9 Å². The first kappa shape index (κ1) is 70.8. The van der Waals surface area contributed by atoms with E-state index in [4.69, 9.17) is 14.2 Å². The number of hydrogen-bond donors (Lipinski definition) is 0. The molecule has 74 heavy (non-hydrogen) atoms. The van der Waals surface area contributed by atoms with Gasteiger partial charge in [-0.25, -0.2) is 0 Å². The summed E-state index contributed by atoms with van der Waals surface area (Å²) in [7, 11) is 0. The second-order valence-corrected chi connectivity index (χ2v) is 21.3. The largest absolute Gasteiger partial charge is 0.462 e. The molecule has 6 heteroatoms. The Labute approximate surface area is 459 Å². The SMILES string of the molecule is CCCCC/C=C\C/C=C\CCCCCCCC(=O)OCC(COC(=O)CCCCCCCCCC/C=C\C/C=C\C/C=C\CCCCCCC)OC(=O)CCCCCCCCC/C=C\CCCCCCCCC. The van der Waals surface area contributed by atoms with Crippen LogP contribution in [0.1, 0.15) is 323 Å². The molecule has 0 heterocycles. The number of allylic oxidation sites excluding steroid dienone is 12. The predicted octanol–water partition coefficient (Wildman–Crippen LogP) is 21.7. The van der Waals surface area contributed by atoms with Crippen LogP contribution in [0, 0.1) is 0 Å². The van der Waals surface area contributed by atoms with Gasteiger partial charge in [-0.2, -0.15) is 0 Å². The van der Waals surface area contributed by atoms with Crippen molar-refractivity contribution in [1.29, 1.82) is 0 Å². The highest BCUT2D eigenvalue weighted by Gasteiger charge is 2.19. The molecule has 0 aliphatic carbocycles. The van der Waals surface area contributed by atoms with E-state index in [0.717, 1.165) is 96.3 Å². The summed E-state index contributed by atoms with van der Waals surface area (Å²) in [5, 5.41) is 0. The highest BCUT2D eigenvalue weighted by Crippen LogP contribution is 2.16. The number of carbonyl (C=O) groups is 3. The lowest BCUT2D eigenvalue weighted by atomic mass is 10.1. The third kappa shape index (κ3) is 59.7. The van der Waals surface area contributed by atoms with E-state index in [0.29, 0.717) is 19.3 Å². The molecule has 0 aromatic heterocycles. The lowest BCUT2D eigenvalue weighted by Crippen LogP contribution is -2.30. The van der Waals surface area contributed by atoms with Gasteiger partial charge in [0.1, 0.15) is 13.2 Å². The zero-order valence-corrected chi connectivity index (χ0v) is 49.1. The standard InChI is InChI=1S/C68H120O6/c1-4-7-10-13-16-19-22-25-28-30-32-33-34-35-36-38-40-43-46-49-52-55-58-61-67(70)73-64-65(63-72-66(69)60-57-54-51-48-45-42-39-27-24-21-18-15-12-9-6-3)74-68(71)62-59-56-53-50-47-44-41-37-31-29-26-23-20-17-14-11-8-5-2/h18,21-22,25,27,29-32,34-35,39,65H,4-17,19-20,23-24,26,28,33,36-38,40-64H2,1-3H3/b21-18-,25-22-,31-29-,32-30-,35-34-,39-27-. The van der Waals surface area contributed by atoms with Crippen molar-refractivity contribution in [2.75, 3.05) is 13.2 Å². The van der Waals surface area contributed by atoms with Crippen molar-refractivity contribution < 1.29 is 28.6 Å². The molecule has 428 valence electrons. The molecule has 0 saturated carbocycles. The molecule has 0 rings (SSSR count). The smallest absolute Gasteiger partial charge is 0.306 e. The van der Waals surface area contributed by atoms with Crippen LogP contribution in [0.2, 0.25) is 0 Å². The van der Waals surface area contributed by atoms with Gasteiger partial charge in [0.15, 0.2) is 6.10 Å². The maximum absolute atomic E-state index is 12.9. The molecular formula is C68H120O6. The summed E-state index contributed by atoms with van der Waals surface area (Å²) in [6.07, 6.45) is 80.4. The van der Waals surface area contributed by atoms with Crippen molar-refractivity contribution in [3.63, 3.8) is 0 Å². The summed E-state index contributed by atoms with van der Waals surface area (Å²) in [5.74, 6) is -0.896. The molecule has 0 bridgehead atoms. The van der Waals surface area contributed by atoms with Gasteiger partial charge >= 0.3 is 17.9 Å². The van der Waals surface area contributed by atoms with Crippen LogP contribution in [-0.4, -0.2) is 37.2 Å². The van der Waals surface area contributed by atoms with Gasteiger partial charge in [0.05, 0.1) is 0 Å². The fourth-order valence-corrected chi connectivity index (χ4v) is 9.06. The number of rotatable bonds is 58. The van der Waals surface area contributed by atoms with E-state index in [1.807, 2.05) is 0 Å². The van der Waals surface area contributed by atoms with Crippen molar-refractivity contribution in [2.24, 2.45) is 0 Å². The minimum atomic E-state index is -0.788. The monoisotopic (exact) mass is 1030 g/mol. The van der Waals surface area contributed by atoms with E-state index in [-0.39, 0.29) is 31.1 Å². The Balaban J connectivity index is 4.38. The zero-order valence-electron chi connectivity index (χ0n) is 49.1. The van der Waals surface area contributed by atoms with Gasteiger partial charge in [-0.05, 0) is 116 Å². The Kier molecular flexibility index (Phi) is 59.7. The summed E-state index contributed by atoms with van der Waals surface area (Å²) < 4.78 is 16.9. The molecule has 6 nitrogen and oxygen atoms in total. The van der Waals surface area contributed by atoms with Crippen LogP contribution < -0.4 is 0 Å². The van der Waals surface area contributed by atoms with Crippen molar-refractivity contribution in [2.45, 2.75) is 329 Å². The van der Waals surface area contributed by atoms with Crippen LogP contribution in [-0.2, 0) is 28.6 Å². The van der Waals surface area contributed by atoms with Gasteiger partial charge in [0, 0.05) is 19.3 Å². The number of ether oxygens (including phenoxy) is 3. The molecule has 0 aliphatic heterocycles. The summed E-state index contributed by atoms with van der Waals surface area (Å²) in [4.78, 5) is 38.3. The Morgan fingerprint density at radius 2 is 0.486 bits per heavy atom. The van der Waals surface area contributed by atoms with Gasteiger partial charge in [-0.3, -0.25) is 14.4 Å². The maximum atomic E-state index is 12.9. The first-order chi connectivity index (χ1) is 36.5. The average molecular weight is 1030 g/mol. The van der Waals surface area contributed by atoms with Gasteiger partial charge in [0.2, 0.25) is 0 Å². The molecule has 0 aromatic carbocycles. The third-order valence-corrected chi connectivity index (χ3v) is 13.9. The van der Waals surface area contributed by atoms with Gasteiger partial charge in [-0.15, -0.1) is 0 Å². The van der Waals surface area contributed by atoms with E-state index < -0.39 is 6.10 Å². The lowest BCUT2D eigenvalue weighted by Gasteiger charge is -2.18. The number of hydrogen-bond acceptors (Lipinski definition) is 6. The normalized spacial score (nSPS) is 12.5. The van der Waals surface area contributed by atoms with E-state index >= 15 is 0 Å². The Bertz CT molecular complexity index is 1370. The van der Waals surface area contributed by atoms with Gasteiger partial charge in [0.25, 0.3) is 0 Å². The van der Waals surface area contributed by atoms with Crippen LogP contribution in [0.4, 0.5) is 0 Å². The topological polar surface area (TPSA) is 78.9 Å². The van der Waals surface area contributed by atoms with Crippen molar-refractivity contribution in [3.8, 4) is 0 Å². The molecule has 0 saturated heterocycles. The van der Waals surface area contributed by atoms with Crippen LogP contribution in [0.25, 0.3) is 0 Å². The Hall–Kier alpha value is -3.15. The minimum Gasteiger partial charge on any atom is -0.462 e. The van der Waals surface area contributed by atoms with Crippen LogP contribution >= 0.6 is 0 Å². The molecule has 0 aromatic rings. The lowest BCUT2D eigenvalue weighted by molar-refractivity contribution is -0.167. The van der Waals surface area contributed by atoms with Crippen molar-refractivity contribution in [3.05, 3.63) is 72.9 Å². The minimum absolute atomic E-state index is 0.0846. The second-order valence-electron chi connectivity index (χ2n) is 21.3. The molecular weight excluding hydrogens is 913 g/mol. The number of carbonyl (C=O) groups excluding carboxylic acids is 3. The third-order valence-electron chi connectivity index (χ3n) is 13.9. The van der Waals surface area contributed by atoms with Crippen molar-refractivity contribution >= 4 is 17.9 Å². The Morgan fingerprint density at radius 3 is 0.797 bits per heavy atom. The molecule has 1 unspecified atom stereocenters. The molecule has 0 fully saturated rings. The molecule has 0 amide bonds. The fourth-order valence-electron chi connectivity index (χ4n) is 9.06. The number of unbranched alkanes of at least 4 members (excludes halogenated alkanes) is 35. The van der Waals surface area contributed by atoms with Gasteiger partial charge < -0.3 is 14.2 Å². The predicted molar refractivity (Wildman–Crippen MR) is 321 cm³/mol. The van der Waals surface area contributed by atoms with E-state index in [2.05, 4.69) is 93.7 Å². The molecule has 1 atom stereocenters. The molecule has 0 radical (unpaired) electrons. The summed E-state index contributed by atoms with van der Waals surface area (Å²) in [5.41, 5.74) is 0. The highest BCUT2D eigenvalue weighted by atomic mass is 16.6. The van der Waals surface area contributed by atoms with Crippen molar-refractivity contribution in [1.82, 2.24) is 0 Å². The average Bonchev–Trinajstić information content (AvgIpc) is 3.40. The molecule has 0 aliphatic rings. The second kappa shape index (κ2) is 62.4. The fraction of sp³-hybridized carbons (Fsp3) is 0.779. The highest BCUT2D eigenvalue weighted by molar-refractivity contribution is 5.71. The van der Waals surface area contributed by atoms with E-state index in [9.17, 15) is 14.4 Å². The summed E-state index contributed by atoms with van der Waals surface area (Å²) in [6.45, 7) is 6.61. The maximum Gasteiger partial charge on any atom is 0.306 e. The number of esters is 3. The zero-order chi connectivity index (χ0) is 53.6. The molecule has 0 N–H and O–H groups in total. The van der Waals surface area contributed by atoms with Gasteiger partial charge in [-0.1, -0.05) is 261 Å². The van der Waals surface area contributed by atoms with Crippen LogP contribution in [0.3, 0.4) is 0 Å². The van der Waals surface area contributed by atoms with Crippen LogP contribution in [0.5, 0.6) is 0 Å². The van der Waals surface area contributed by atoms with E-state index in [1.165, 1.54) is 186 Å². The summed E-state index contributed by atoms with van der Waals surface area (Å²) in [6, 6.07) is 0. The van der Waals surface area contributed by atoms with E-state index in [1.54, 1.807) is 0 Å². The first-order valence-corrected chi connectivity index (χ1v) is 31.9. The Morgan fingerprint density at radius 1 is 0.270 bits per heavy atom.